The van der Waals surface area contributed by atoms with E-state index in [2.05, 4.69) is 13.8 Å². The van der Waals surface area contributed by atoms with Crippen molar-refractivity contribution in [2.75, 3.05) is 13.7 Å². The Kier molecular flexibility index (Phi) is 5.15. The van der Waals surface area contributed by atoms with E-state index < -0.39 is 5.54 Å². The molecule has 3 atom stereocenters. The molecule has 2 aliphatic carbocycles. The first kappa shape index (κ1) is 18.0. The summed E-state index contributed by atoms with van der Waals surface area (Å²) in [7, 11) is 1.96. The summed E-state index contributed by atoms with van der Waals surface area (Å²) in [5, 5.41) is 0. The van der Waals surface area contributed by atoms with Crippen molar-refractivity contribution in [2.45, 2.75) is 76.5 Å². The lowest BCUT2D eigenvalue weighted by atomic mass is 9.46. The molecule has 1 saturated heterocycles. The van der Waals surface area contributed by atoms with E-state index >= 15 is 0 Å². The minimum Gasteiger partial charge on any atom is -0.377 e. The molecule has 0 aromatic carbocycles. The highest BCUT2D eigenvalue weighted by Crippen LogP contribution is 2.58. The quantitative estimate of drug-likeness (QED) is 0.847. The van der Waals surface area contributed by atoms with Crippen molar-refractivity contribution >= 4 is 18.3 Å². The van der Waals surface area contributed by atoms with Crippen molar-refractivity contribution in [3.8, 4) is 0 Å². The number of rotatable bonds is 2. The first-order chi connectivity index (χ1) is 9.90. The van der Waals surface area contributed by atoms with Crippen molar-refractivity contribution in [1.29, 1.82) is 0 Å². The number of carbonyl (C=O) groups excluding carboxylic acids is 1. The van der Waals surface area contributed by atoms with Crippen LogP contribution in [-0.4, -0.2) is 42.1 Å². The maximum atomic E-state index is 13.2. The standard InChI is InChI=1S/C17H30N2O2.ClH/c1-16(2)14-13(10-7-11-21-14)17(16,18)15(20)19(3)12-8-5-4-6-9-12;/h12-14H,4-11,18H2,1-3H3;1H. The molecule has 2 saturated carbocycles. The van der Waals surface area contributed by atoms with Crippen molar-refractivity contribution in [3.05, 3.63) is 0 Å². The predicted octanol–water partition coefficient (Wildman–Crippen LogP) is 2.73. The van der Waals surface area contributed by atoms with Gasteiger partial charge < -0.3 is 15.4 Å². The highest BCUT2D eigenvalue weighted by Gasteiger charge is 2.70. The first-order valence-electron chi connectivity index (χ1n) is 8.58. The molecular weight excluding hydrogens is 300 g/mol. The molecule has 0 bridgehead atoms. The van der Waals surface area contributed by atoms with Gasteiger partial charge in [0.05, 0.1) is 6.10 Å². The highest BCUT2D eigenvalue weighted by molar-refractivity contribution is 5.89. The fourth-order valence-electron chi connectivity index (χ4n) is 4.94. The van der Waals surface area contributed by atoms with Crippen LogP contribution in [-0.2, 0) is 9.53 Å². The van der Waals surface area contributed by atoms with Gasteiger partial charge in [0.25, 0.3) is 0 Å². The molecule has 3 unspecified atom stereocenters. The molecule has 0 aromatic rings. The zero-order chi connectivity index (χ0) is 15.3. The van der Waals surface area contributed by atoms with Crippen LogP contribution in [0, 0.1) is 11.3 Å². The van der Waals surface area contributed by atoms with Crippen LogP contribution in [0.2, 0.25) is 0 Å². The fraction of sp³-hybridized carbons (Fsp3) is 0.941. The van der Waals surface area contributed by atoms with E-state index in [4.69, 9.17) is 10.5 Å². The van der Waals surface area contributed by atoms with Crippen molar-refractivity contribution in [3.63, 3.8) is 0 Å². The summed E-state index contributed by atoms with van der Waals surface area (Å²) >= 11 is 0. The van der Waals surface area contributed by atoms with Crippen molar-refractivity contribution < 1.29 is 9.53 Å². The predicted molar refractivity (Wildman–Crippen MR) is 90.1 cm³/mol. The molecular formula is C17H31ClN2O2. The highest BCUT2D eigenvalue weighted by atomic mass is 35.5. The number of hydrogen-bond donors (Lipinski definition) is 1. The summed E-state index contributed by atoms with van der Waals surface area (Å²) in [5.41, 5.74) is 5.70. The smallest absolute Gasteiger partial charge is 0.243 e. The Bertz CT molecular complexity index is 423. The Balaban J connectivity index is 0.00000176. The van der Waals surface area contributed by atoms with Gasteiger partial charge in [-0.2, -0.15) is 0 Å². The van der Waals surface area contributed by atoms with Gasteiger partial charge in [-0.25, -0.2) is 0 Å². The van der Waals surface area contributed by atoms with Crippen LogP contribution < -0.4 is 5.73 Å². The van der Waals surface area contributed by atoms with Crippen LogP contribution in [0.4, 0.5) is 0 Å². The van der Waals surface area contributed by atoms with Crippen molar-refractivity contribution in [2.24, 2.45) is 17.1 Å². The van der Waals surface area contributed by atoms with E-state index in [1.807, 2.05) is 11.9 Å². The third-order valence-corrected chi connectivity index (χ3v) is 6.48. The summed E-state index contributed by atoms with van der Waals surface area (Å²) < 4.78 is 5.91. The van der Waals surface area contributed by atoms with Gasteiger partial charge in [0.2, 0.25) is 5.91 Å². The first-order valence-corrected chi connectivity index (χ1v) is 8.58. The Labute approximate surface area is 140 Å². The second kappa shape index (κ2) is 6.29. The molecule has 4 nitrogen and oxygen atoms in total. The van der Waals surface area contributed by atoms with Gasteiger partial charge in [0.15, 0.2) is 0 Å². The zero-order valence-electron chi connectivity index (χ0n) is 14.1. The van der Waals surface area contributed by atoms with Gasteiger partial charge in [-0.15, -0.1) is 12.4 Å². The van der Waals surface area contributed by atoms with E-state index in [9.17, 15) is 4.79 Å². The maximum absolute atomic E-state index is 13.2. The molecule has 1 aliphatic heterocycles. The van der Waals surface area contributed by atoms with E-state index in [0.29, 0.717) is 6.04 Å². The van der Waals surface area contributed by atoms with E-state index in [-0.39, 0.29) is 35.8 Å². The molecule has 2 N–H and O–H groups in total. The number of amides is 1. The van der Waals surface area contributed by atoms with Crippen molar-refractivity contribution in [1.82, 2.24) is 4.90 Å². The number of nitrogens with zero attached hydrogens (tertiary/aromatic N) is 1. The van der Waals surface area contributed by atoms with Crippen LogP contribution in [0.3, 0.4) is 0 Å². The van der Waals surface area contributed by atoms with Gasteiger partial charge in [-0.3, -0.25) is 4.79 Å². The summed E-state index contributed by atoms with van der Waals surface area (Å²) in [6.07, 6.45) is 8.23. The molecule has 22 heavy (non-hydrogen) atoms. The summed E-state index contributed by atoms with van der Waals surface area (Å²) in [5.74, 6) is 0.339. The van der Waals surface area contributed by atoms with E-state index in [0.717, 1.165) is 32.3 Å². The van der Waals surface area contributed by atoms with E-state index in [1.54, 1.807) is 0 Å². The molecule has 1 heterocycles. The minimum atomic E-state index is -0.746. The number of likely N-dealkylation sites (N-methyl/N-ethyl adjacent to an activating group) is 1. The van der Waals surface area contributed by atoms with Crippen LogP contribution in [0.1, 0.15) is 58.8 Å². The Morgan fingerprint density at radius 3 is 2.41 bits per heavy atom. The van der Waals surface area contributed by atoms with Gasteiger partial charge in [0, 0.05) is 31.0 Å². The average Bonchev–Trinajstić information content (AvgIpc) is 2.53. The SMILES string of the molecule is CN(C(=O)C1(N)C2CCCOC2C1(C)C)C1CCCCC1.Cl. The number of hydrogen-bond acceptors (Lipinski definition) is 3. The largest absolute Gasteiger partial charge is 0.377 e. The summed E-state index contributed by atoms with van der Waals surface area (Å²) in [6.45, 7) is 5.02. The lowest BCUT2D eigenvalue weighted by molar-refractivity contribution is -0.230. The molecule has 5 heteroatoms. The number of carbonyl (C=O) groups is 1. The molecule has 0 aromatic heterocycles. The lowest BCUT2D eigenvalue weighted by Crippen LogP contribution is -2.82. The molecule has 0 spiro atoms. The second-order valence-electron chi connectivity index (χ2n) is 7.84. The third-order valence-electron chi connectivity index (χ3n) is 6.48. The Morgan fingerprint density at radius 1 is 1.14 bits per heavy atom. The van der Waals surface area contributed by atoms with Crippen LogP contribution in [0.25, 0.3) is 0 Å². The van der Waals surface area contributed by atoms with Gasteiger partial charge >= 0.3 is 0 Å². The van der Waals surface area contributed by atoms with Crippen LogP contribution in [0.5, 0.6) is 0 Å². The van der Waals surface area contributed by atoms with Crippen LogP contribution in [0.15, 0.2) is 0 Å². The minimum absolute atomic E-state index is 0. The number of fused-ring (bicyclic) bond motifs is 1. The molecule has 1 amide bonds. The summed E-state index contributed by atoms with van der Waals surface area (Å²) in [6, 6.07) is 0.381. The summed E-state index contributed by atoms with van der Waals surface area (Å²) in [4.78, 5) is 15.1. The van der Waals surface area contributed by atoms with Gasteiger partial charge in [-0.05, 0) is 25.7 Å². The number of ether oxygens (including phenoxy) is 1. The molecule has 3 fully saturated rings. The number of halogens is 1. The maximum Gasteiger partial charge on any atom is 0.243 e. The molecule has 0 radical (unpaired) electrons. The zero-order valence-corrected chi connectivity index (χ0v) is 15.0. The van der Waals surface area contributed by atoms with Gasteiger partial charge in [-0.1, -0.05) is 33.1 Å². The second-order valence-corrected chi connectivity index (χ2v) is 7.84. The lowest BCUT2D eigenvalue weighted by Gasteiger charge is -2.66. The average molecular weight is 331 g/mol. The van der Waals surface area contributed by atoms with E-state index in [1.165, 1.54) is 19.3 Å². The topological polar surface area (TPSA) is 55.6 Å². The van der Waals surface area contributed by atoms with Gasteiger partial charge in [0.1, 0.15) is 5.54 Å². The number of nitrogens with two attached hydrogens (primary N) is 1. The Hall–Kier alpha value is -0.320. The molecule has 128 valence electrons. The Morgan fingerprint density at radius 2 is 1.77 bits per heavy atom. The molecule has 3 rings (SSSR count). The molecule has 3 aliphatic rings. The fourth-order valence-corrected chi connectivity index (χ4v) is 4.94. The normalized spacial score (nSPS) is 37.5. The monoisotopic (exact) mass is 330 g/mol. The third kappa shape index (κ3) is 2.38. The van der Waals surface area contributed by atoms with Crippen LogP contribution >= 0.6 is 12.4 Å².